The fourth-order valence-electron chi connectivity index (χ4n) is 7.06. The highest BCUT2D eigenvalue weighted by Gasteiger charge is 2.37. The van der Waals surface area contributed by atoms with Gasteiger partial charge in [-0.25, -0.2) is 4.79 Å². The molecule has 12 nitrogen and oxygen atoms in total. The number of nitrogens with zero attached hydrogens (tertiary/aromatic N) is 3. The molecular weight excluding hydrogens is 795 g/mol. The summed E-state index contributed by atoms with van der Waals surface area (Å²) in [4.78, 5) is 57.4. The zero-order valence-corrected chi connectivity index (χ0v) is 37.5. The summed E-state index contributed by atoms with van der Waals surface area (Å²) in [6, 6.07) is 33.5. The summed E-state index contributed by atoms with van der Waals surface area (Å²) in [6.07, 6.45) is 1.08. The van der Waals surface area contributed by atoms with Gasteiger partial charge in [0.25, 0.3) is 0 Å². The lowest BCUT2D eigenvalue weighted by molar-refractivity contribution is -0.150. The zero-order valence-electron chi connectivity index (χ0n) is 36.7. The van der Waals surface area contributed by atoms with Crippen LogP contribution < -0.4 is 14.2 Å². The van der Waals surface area contributed by atoms with Crippen LogP contribution >= 0.6 is 11.8 Å². The van der Waals surface area contributed by atoms with Gasteiger partial charge in [-0.15, -0.1) is 11.8 Å². The molecule has 4 aromatic carbocycles. The SMILES string of the molecule is COc1cc(OC)c(OC)cc1CN(CCN(C)C(=O)OC(C)(C)C)C(=O)[C@H](CC(=O)O)N(C)C(=O)CCCCCSC(c1ccccc1)(c1ccccc1)c1ccccc1. The van der Waals surface area contributed by atoms with E-state index >= 15 is 0 Å². The summed E-state index contributed by atoms with van der Waals surface area (Å²) in [7, 11) is 7.50. The van der Waals surface area contributed by atoms with Crippen molar-refractivity contribution in [2.75, 3.05) is 54.3 Å². The molecule has 0 aliphatic rings. The van der Waals surface area contributed by atoms with E-state index in [2.05, 4.69) is 72.8 Å². The number of carboxylic acids is 1. The van der Waals surface area contributed by atoms with Gasteiger partial charge < -0.3 is 38.8 Å². The molecule has 0 aliphatic heterocycles. The molecule has 0 fully saturated rings. The molecule has 0 unspecified atom stereocenters. The lowest BCUT2D eigenvalue weighted by atomic mass is 9.84. The molecule has 0 bridgehead atoms. The van der Waals surface area contributed by atoms with Gasteiger partial charge in [0.05, 0.1) is 32.5 Å². The molecule has 3 amide bonds. The number of rotatable bonds is 22. The molecule has 0 saturated carbocycles. The van der Waals surface area contributed by atoms with Crippen LogP contribution in [0.4, 0.5) is 4.79 Å². The molecule has 0 heterocycles. The van der Waals surface area contributed by atoms with Crippen molar-refractivity contribution in [1.82, 2.24) is 14.7 Å². The third-order valence-electron chi connectivity index (χ3n) is 10.3. The minimum Gasteiger partial charge on any atom is -0.496 e. The molecule has 0 radical (unpaired) electrons. The predicted molar refractivity (Wildman–Crippen MR) is 239 cm³/mol. The maximum atomic E-state index is 14.5. The number of carbonyl (C=O) groups is 4. The number of carbonyl (C=O) groups excluding carboxylic acids is 3. The van der Waals surface area contributed by atoms with Gasteiger partial charge >= 0.3 is 12.1 Å². The fourth-order valence-corrected chi connectivity index (χ4v) is 8.62. The first-order chi connectivity index (χ1) is 29.1. The maximum Gasteiger partial charge on any atom is 0.410 e. The molecular formula is C48H61N3O9S. The topological polar surface area (TPSA) is 135 Å². The Hall–Kier alpha value is -5.69. The molecule has 61 heavy (non-hydrogen) atoms. The second-order valence-electron chi connectivity index (χ2n) is 15.7. The average Bonchev–Trinajstić information content (AvgIpc) is 3.26. The lowest BCUT2D eigenvalue weighted by Gasteiger charge is -2.35. The van der Waals surface area contributed by atoms with Crippen molar-refractivity contribution in [2.45, 2.75) is 75.8 Å². The van der Waals surface area contributed by atoms with E-state index in [4.69, 9.17) is 18.9 Å². The standard InChI is InChI=1S/C48H61N3O9S/c1-47(2,3)60-46(56)49(4)28-29-51(34-35-31-41(58-7)42(59-8)33-40(35)57-6)45(55)39(32-44(53)54)50(5)43(52)27-19-12-20-30-61-48(36-21-13-9-14-22-36,37-23-15-10-16-24-37)38-25-17-11-18-26-38/h9-11,13-18,21-26,31,33,39H,12,19-20,27-30,32,34H2,1-8H3,(H,53,54)/t39-/m0/s1. The minimum absolute atomic E-state index is 0.00166. The first kappa shape index (κ1) is 48.0. The van der Waals surface area contributed by atoms with Crippen LogP contribution in [0.5, 0.6) is 17.2 Å². The van der Waals surface area contributed by atoms with E-state index in [1.165, 1.54) is 59.8 Å². The van der Waals surface area contributed by atoms with Crippen molar-refractivity contribution in [3.05, 3.63) is 125 Å². The Morgan fingerprint density at radius 1 is 0.689 bits per heavy atom. The van der Waals surface area contributed by atoms with E-state index in [0.29, 0.717) is 29.2 Å². The lowest BCUT2D eigenvalue weighted by Crippen LogP contribution is -2.51. The van der Waals surface area contributed by atoms with Crippen molar-refractivity contribution < 1.29 is 43.2 Å². The number of hydrogen-bond acceptors (Lipinski definition) is 9. The number of aliphatic carboxylic acids is 1. The molecule has 0 spiro atoms. The molecule has 0 saturated heterocycles. The van der Waals surface area contributed by atoms with Crippen LogP contribution in [-0.4, -0.2) is 110 Å². The van der Waals surface area contributed by atoms with Crippen LogP contribution in [0.1, 0.15) is 75.1 Å². The number of thioether (sulfide) groups is 1. The van der Waals surface area contributed by atoms with E-state index in [1.54, 1.807) is 40.0 Å². The summed E-state index contributed by atoms with van der Waals surface area (Å²) in [6.45, 7) is 5.29. The van der Waals surface area contributed by atoms with E-state index in [9.17, 15) is 24.3 Å². The molecule has 13 heteroatoms. The summed E-state index contributed by atoms with van der Waals surface area (Å²) >= 11 is 1.86. The first-order valence-corrected chi connectivity index (χ1v) is 21.4. The molecule has 1 atom stereocenters. The summed E-state index contributed by atoms with van der Waals surface area (Å²) in [5.41, 5.74) is 3.35. The van der Waals surface area contributed by atoms with Gasteiger partial charge in [0.15, 0.2) is 11.5 Å². The van der Waals surface area contributed by atoms with Gasteiger partial charge in [-0.2, -0.15) is 0 Å². The van der Waals surface area contributed by atoms with E-state index in [1.807, 2.05) is 30.0 Å². The van der Waals surface area contributed by atoms with Crippen LogP contribution in [0.2, 0.25) is 0 Å². The Labute approximate surface area is 365 Å². The van der Waals surface area contributed by atoms with Crippen LogP contribution in [0, 0.1) is 0 Å². The third-order valence-corrected chi connectivity index (χ3v) is 11.9. The number of hydrogen-bond donors (Lipinski definition) is 1. The average molecular weight is 856 g/mol. The normalized spacial score (nSPS) is 11.9. The monoisotopic (exact) mass is 855 g/mol. The van der Waals surface area contributed by atoms with Gasteiger partial charge in [0.1, 0.15) is 17.4 Å². The highest BCUT2D eigenvalue weighted by atomic mass is 32.2. The van der Waals surface area contributed by atoms with E-state index in [-0.39, 0.29) is 32.0 Å². The third kappa shape index (κ3) is 13.1. The summed E-state index contributed by atoms with van der Waals surface area (Å²) < 4.78 is 21.7. The van der Waals surface area contributed by atoms with Crippen molar-refractivity contribution in [2.24, 2.45) is 0 Å². The van der Waals surface area contributed by atoms with Gasteiger partial charge in [-0.3, -0.25) is 14.4 Å². The van der Waals surface area contributed by atoms with Crippen LogP contribution in [0.25, 0.3) is 0 Å². The Bertz CT molecular complexity index is 1930. The van der Waals surface area contributed by atoms with E-state index < -0.39 is 40.8 Å². The molecule has 0 aromatic heterocycles. The Morgan fingerprint density at radius 3 is 1.67 bits per heavy atom. The highest BCUT2D eigenvalue weighted by Crippen LogP contribution is 2.48. The number of amides is 3. The zero-order chi connectivity index (χ0) is 44.6. The molecule has 4 aromatic rings. The first-order valence-electron chi connectivity index (χ1n) is 20.4. The Balaban J connectivity index is 1.50. The number of likely N-dealkylation sites (N-methyl/N-ethyl adjacent to an activating group) is 2. The van der Waals surface area contributed by atoms with Crippen LogP contribution in [-0.2, 0) is 30.4 Å². The van der Waals surface area contributed by atoms with Crippen molar-refractivity contribution in [1.29, 1.82) is 0 Å². The quantitative estimate of drug-likeness (QED) is 0.0606. The highest BCUT2D eigenvalue weighted by molar-refractivity contribution is 8.00. The molecule has 4 rings (SSSR count). The number of methoxy groups -OCH3 is 3. The molecule has 1 N–H and O–H groups in total. The Morgan fingerprint density at radius 2 is 1.20 bits per heavy atom. The number of unbranched alkanes of at least 4 members (excludes halogenated alkanes) is 2. The largest absolute Gasteiger partial charge is 0.496 e. The van der Waals surface area contributed by atoms with Crippen molar-refractivity contribution in [3.63, 3.8) is 0 Å². The number of carboxylic acid groups (broad SMARTS) is 1. The van der Waals surface area contributed by atoms with Crippen molar-refractivity contribution >= 4 is 35.6 Å². The van der Waals surface area contributed by atoms with Gasteiger partial charge in [0, 0.05) is 51.8 Å². The predicted octanol–water partition coefficient (Wildman–Crippen LogP) is 8.50. The van der Waals surface area contributed by atoms with Crippen molar-refractivity contribution in [3.8, 4) is 17.2 Å². The van der Waals surface area contributed by atoms with Gasteiger partial charge in [-0.05, 0) is 62.1 Å². The summed E-state index contributed by atoms with van der Waals surface area (Å²) in [5, 5.41) is 10.00. The molecule has 328 valence electrons. The second-order valence-corrected chi connectivity index (χ2v) is 17.0. The van der Waals surface area contributed by atoms with Crippen LogP contribution in [0.3, 0.4) is 0 Å². The van der Waals surface area contributed by atoms with E-state index in [0.717, 1.165) is 18.6 Å². The number of ether oxygens (including phenoxy) is 4. The fraction of sp³-hybridized carbons (Fsp3) is 0.417. The van der Waals surface area contributed by atoms with Crippen LogP contribution in [0.15, 0.2) is 103 Å². The minimum atomic E-state index is -1.32. The van der Waals surface area contributed by atoms with Gasteiger partial charge in [0.2, 0.25) is 11.8 Å². The summed E-state index contributed by atoms with van der Waals surface area (Å²) in [5.74, 6) is -0.131. The molecule has 0 aliphatic carbocycles. The number of benzene rings is 4. The second kappa shape index (κ2) is 22.8. The van der Waals surface area contributed by atoms with Gasteiger partial charge in [-0.1, -0.05) is 97.4 Å². The maximum absolute atomic E-state index is 14.5. The Kier molecular flexibility index (Phi) is 17.9. The smallest absolute Gasteiger partial charge is 0.410 e.